The van der Waals surface area contributed by atoms with Crippen LogP contribution in [0.15, 0.2) is 64.0 Å². The van der Waals surface area contributed by atoms with Crippen LogP contribution in [0.1, 0.15) is 52.7 Å². The van der Waals surface area contributed by atoms with Gasteiger partial charge in [-0.3, -0.25) is 0 Å². The standard InChI is InChI=1S/C29H32BrNO3S/c1-28(2,3)22-16-18-14-19(30)12-13-21(18)24(26(22)34-7)25-20-11-9-8-10-17(20)15-23(29(4,5)6)27(25)35(31,32)33/h8-16H,1-7H3,(H2,31,32,33). The predicted molar refractivity (Wildman–Crippen MR) is 150 cm³/mol. The number of primary sulfonamides is 1. The zero-order valence-corrected chi connectivity index (χ0v) is 23.7. The molecule has 0 aliphatic heterocycles. The second kappa shape index (κ2) is 8.61. The van der Waals surface area contributed by atoms with Gasteiger partial charge in [0.25, 0.3) is 0 Å². The minimum Gasteiger partial charge on any atom is -0.496 e. The van der Waals surface area contributed by atoms with Crippen molar-refractivity contribution in [3.05, 3.63) is 70.2 Å². The molecule has 4 nitrogen and oxygen atoms in total. The van der Waals surface area contributed by atoms with Gasteiger partial charge in [0.15, 0.2) is 0 Å². The molecular weight excluding hydrogens is 522 g/mol. The minimum absolute atomic E-state index is 0.150. The second-order valence-corrected chi connectivity index (χ2v) is 13.5. The molecule has 0 aromatic heterocycles. The lowest BCUT2D eigenvalue weighted by Gasteiger charge is -2.29. The van der Waals surface area contributed by atoms with Crippen molar-refractivity contribution in [3.8, 4) is 16.9 Å². The molecular formula is C29H32BrNO3S. The summed E-state index contributed by atoms with van der Waals surface area (Å²) in [6, 6.07) is 18.0. The molecule has 4 rings (SSSR count). The van der Waals surface area contributed by atoms with Crippen LogP contribution in [-0.4, -0.2) is 15.5 Å². The Bertz CT molecular complexity index is 1580. The van der Waals surface area contributed by atoms with Crippen LogP contribution in [0.2, 0.25) is 0 Å². The SMILES string of the molecule is COc1c(C(C)(C)C)cc2cc(Br)ccc2c1-c1c(S(N)(=O)=O)c(C(C)(C)C)cc2ccccc12. The van der Waals surface area contributed by atoms with Gasteiger partial charge in [-0.25, -0.2) is 13.6 Å². The Balaban J connectivity index is 2.42. The molecule has 0 aliphatic rings. The van der Waals surface area contributed by atoms with E-state index < -0.39 is 15.4 Å². The summed E-state index contributed by atoms with van der Waals surface area (Å²) in [5.41, 5.74) is 2.29. The molecule has 2 N–H and O–H groups in total. The molecule has 0 atom stereocenters. The average Bonchev–Trinajstić information content (AvgIpc) is 2.74. The summed E-state index contributed by atoms with van der Waals surface area (Å²) in [6.45, 7) is 12.4. The van der Waals surface area contributed by atoms with Crippen LogP contribution in [0, 0.1) is 0 Å². The van der Waals surface area contributed by atoms with Crippen molar-refractivity contribution in [3.63, 3.8) is 0 Å². The summed E-state index contributed by atoms with van der Waals surface area (Å²) in [7, 11) is -2.46. The van der Waals surface area contributed by atoms with Gasteiger partial charge in [0, 0.05) is 21.2 Å². The maximum absolute atomic E-state index is 13.3. The summed E-state index contributed by atoms with van der Waals surface area (Å²) in [5.74, 6) is 0.661. The summed E-state index contributed by atoms with van der Waals surface area (Å²) in [6.07, 6.45) is 0. The number of fused-ring (bicyclic) bond motifs is 2. The number of hydrogen-bond donors (Lipinski definition) is 1. The third-order valence-corrected chi connectivity index (χ3v) is 7.90. The summed E-state index contributed by atoms with van der Waals surface area (Å²) in [4.78, 5) is 0.150. The van der Waals surface area contributed by atoms with Crippen molar-refractivity contribution in [2.24, 2.45) is 5.14 Å². The van der Waals surface area contributed by atoms with Gasteiger partial charge in [0.1, 0.15) is 5.75 Å². The number of sulfonamides is 1. The largest absolute Gasteiger partial charge is 0.496 e. The predicted octanol–water partition coefficient (Wildman–Crippen LogP) is 7.67. The van der Waals surface area contributed by atoms with Gasteiger partial charge in [-0.2, -0.15) is 0 Å². The van der Waals surface area contributed by atoms with E-state index in [0.29, 0.717) is 16.9 Å². The second-order valence-electron chi connectivity index (χ2n) is 11.1. The number of benzene rings is 4. The monoisotopic (exact) mass is 553 g/mol. The Labute approximate surface area is 216 Å². The van der Waals surface area contributed by atoms with Crippen molar-refractivity contribution >= 4 is 47.5 Å². The van der Waals surface area contributed by atoms with Gasteiger partial charge in [0.05, 0.1) is 12.0 Å². The highest BCUT2D eigenvalue weighted by molar-refractivity contribution is 9.10. The molecule has 0 heterocycles. The molecule has 0 bridgehead atoms. The zero-order chi connectivity index (χ0) is 25.9. The molecule has 35 heavy (non-hydrogen) atoms. The van der Waals surface area contributed by atoms with Crippen molar-refractivity contribution in [2.45, 2.75) is 57.3 Å². The van der Waals surface area contributed by atoms with Gasteiger partial charge < -0.3 is 4.74 Å². The molecule has 0 amide bonds. The van der Waals surface area contributed by atoms with E-state index in [9.17, 15) is 8.42 Å². The normalized spacial score (nSPS) is 12.9. The minimum atomic E-state index is -4.10. The molecule has 6 heteroatoms. The average molecular weight is 555 g/mol. The zero-order valence-electron chi connectivity index (χ0n) is 21.3. The van der Waals surface area contributed by atoms with Gasteiger partial charge in [-0.1, -0.05) is 87.8 Å². The molecule has 0 fully saturated rings. The lowest BCUT2D eigenvalue weighted by atomic mass is 9.79. The number of hydrogen-bond acceptors (Lipinski definition) is 3. The molecule has 0 unspecified atom stereocenters. The van der Waals surface area contributed by atoms with Crippen LogP contribution in [-0.2, 0) is 20.9 Å². The smallest absolute Gasteiger partial charge is 0.238 e. The highest BCUT2D eigenvalue weighted by Gasteiger charge is 2.33. The van der Waals surface area contributed by atoms with E-state index in [4.69, 9.17) is 9.88 Å². The summed E-state index contributed by atoms with van der Waals surface area (Å²) >= 11 is 3.60. The first-order valence-electron chi connectivity index (χ1n) is 11.5. The highest BCUT2D eigenvalue weighted by atomic mass is 79.9. The van der Waals surface area contributed by atoms with Crippen molar-refractivity contribution in [1.29, 1.82) is 0 Å². The van der Waals surface area contributed by atoms with E-state index >= 15 is 0 Å². The summed E-state index contributed by atoms with van der Waals surface area (Å²) < 4.78 is 33.7. The third-order valence-electron chi connectivity index (χ3n) is 6.41. The first kappa shape index (κ1) is 25.7. The third kappa shape index (κ3) is 4.59. The maximum Gasteiger partial charge on any atom is 0.238 e. The molecule has 0 aliphatic carbocycles. The molecule has 0 spiro atoms. The first-order chi connectivity index (χ1) is 16.1. The topological polar surface area (TPSA) is 69.4 Å². The Morgan fingerprint density at radius 1 is 0.771 bits per heavy atom. The van der Waals surface area contributed by atoms with Crippen LogP contribution in [0.25, 0.3) is 32.7 Å². The van der Waals surface area contributed by atoms with Crippen LogP contribution in [0.5, 0.6) is 5.75 Å². The van der Waals surface area contributed by atoms with E-state index in [1.807, 2.05) is 63.2 Å². The Hall–Kier alpha value is -2.41. The molecule has 0 saturated heterocycles. The quantitative estimate of drug-likeness (QED) is 0.283. The van der Waals surface area contributed by atoms with E-state index in [1.165, 1.54) is 0 Å². The van der Waals surface area contributed by atoms with Gasteiger partial charge in [-0.05, 0) is 62.2 Å². The fourth-order valence-electron chi connectivity index (χ4n) is 4.81. The van der Waals surface area contributed by atoms with Crippen LogP contribution in [0.3, 0.4) is 0 Å². The van der Waals surface area contributed by atoms with Crippen LogP contribution < -0.4 is 9.88 Å². The molecule has 0 radical (unpaired) electrons. The summed E-state index contributed by atoms with van der Waals surface area (Å²) in [5, 5.41) is 9.65. The Morgan fingerprint density at radius 3 is 1.91 bits per heavy atom. The number of halogens is 1. The first-order valence-corrected chi connectivity index (χ1v) is 13.9. The van der Waals surface area contributed by atoms with Gasteiger partial charge >= 0.3 is 0 Å². The van der Waals surface area contributed by atoms with E-state index in [2.05, 4.69) is 48.8 Å². The molecule has 184 valence electrons. The van der Waals surface area contributed by atoms with Gasteiger partial charge in [-0.15, -0.1) is 0 Å². The Kier molecular flexibility index (Phi) is 6.32. The highest BCUT2D eigenvalue weighted by Crippen LogP contribution is 2.50. The number of methoxy groups -OCH3 is 1. The maximum atomic E-state index is 13.3. The van der Waals surface area contributed by atoms with Crippen molar-refractivity contribution in [2.75, 3.05) is 7.11 Å². The van der Waals surface area contributed by atoms with Crippen molar-refractivity contribution in [1.82, 2.24) is 0 Å². The lowest BCUT2D eigenvalue weighted by molar-refractivity contribution is 0.400. The molecule has 4 aromatic rings. The van der Waals surface area contributed by atoms with E-state index in [-0.39, 0.29) is 10.3 Å². The molecule has 0 saturated carbocycles. The van der Waals surface area contributed by atoms with Crippen LogP contribution >= 0.6 is 15.9 Å². The van der Waals surface area contributed by atoms with Gasteiger partial charge in [0.2, 0.25) is 10.0 Å². The fourth-order valence-corrected chi connectivity index (χ4v) is 6.35. The van der Waals surface area contributed by atoms with E-state index in [1.54, 1.807) is 7.11 Å². The number of ether oxygens (including phenoxy) is 1. The fraction of sp³-hybridized carbons (Fsp3) is 0.310. The van der Waals surface area contributed by atoms with Crippen LogP contribution in [0.4, 0.5) is 0 Å². The number of rotatable bonds is 3. The number of nitrogens with two attached hydrogens (primary N) is 1. The lowest BCUT2D eigenvalue weighted by Crippen LogP contribution is -2.23. The van der Waals surface area contributed by atoms with E-state index in [0.717, 1.165) is 37.1 Å². The van der Waals surface area contributed by atoms with Crippen molar-refractivity contribution < 1.29 is 13.2 Å². The Morgan fingerprint density at radius 2 is 1.34 bits per heavy atom. The molecule has 4 aromatic carbocycles.